The van der Waals surface area contributed by atoms with Crippen molar-refractivity contribution < 1.29 is 19.4 Å². The van der Waals surface area contributed by atoms with E-state index in [1.807, 2.05) is 6.92 Å². The Kier molecular flexibility index (Phi) is 4.80. The van der Waals surface area contributed by atoms with E-state index in [0.29, 0.717) is 6.61 Å². The lowest BCUT2D eigenvalue weighted by atomic mass is 9.78. The number of carbonyl (C=O) groups is 2. The van der Waals surface area contributed by atoms with Gasteiger partial charge in [0.15, 0.2) is 0 Å². The van der Waals surface area contributed by atoms with Gasteiger partial charge in [-0.15, -0.1) is 0 Å². The molecule has 1 aliphatic heterocycles. The van der Waals surface area contributed by atoms with Gasteiger partial charge in [0.05, 0.1) is 12.5 Å². The second-order valence-electron chi connectivity index (χ2n) is 5.58. The van der Waals surface area contributed by atoms with Crippen LogP contribution in [0.4, 0.5) is 0 Å². The molecule has 108 valence electrons. The lowest BCUT2D eigenvalue weighted by Gasteiger charge is -2.27. The summed E-state index contributed by atoms with van der Waals surface area (Å²) in [6.45, 7) is 2.43. The van der Waals surface area contributed by atoms with E-state index in [0.717, 1.165) is 38.5 Å². The van der Waals surface area contributed by atoms with Gasteiger partial charge >= 0.3 is 11.9 Å². The van der Waals surface area contributed by atoms with Crippen molar-refractivity contribution in [1.29, 1.82) is 0 Å². The minimum atomic E-state index is -0.938. The highest BCUT2D eigenvalue weighted by Crippen LogP contribution is 2.38. The van der Waals surface area contributed by atoms with Gasteiger partial charge in [0.25, 0.3) is 0 Å². The van der Waals surface area contributed by atoms with Gasteiger partial charge in [-0.25, -0.2) is 0 Å². The van der Waals surface area contributed by atoms with Gasteiger partial charge < -0.3 is 15.2 Å². The maximum absolute atomic E-state index is 12.2. The predicted molar refractivity (Wildman–Crippen MR) is 69.7 cm³/mol. The third-order valence-electron chi connectivity index (χ3n) is 4.31. The monoisotopic (exact) mass is 269 g/mol. The van der Waals surface area contributed by atoms with Gasteiger partial charge in [-0.05, 0) is 25.2 Å². The summed E-state index contributed by atoms with van der Waals surface area (Å²) < 4.78 is 5.25. The van der Waals surface area contributed by atoms with Gasteiger partial charge in [0.2, 0.25) is 0 Å². The van der Waals surface area contributed by atoms with Crippen LogP contribution in [0.15, 0.2) is 0 Å². The number of carboxylic acids is 1. The molecule has 1 aliphatic carbocycles. The number of carbonyl (C=O) groups excluding carboxylic acids is 1. The Hall–Kier alpha value is -1.10. The summed E-state index contributed by atoms with van der Waals surface area (Å²) in [6, 6.07) is -0.610. The minimum absolute atomic E-state index is 0.129. The normalized spacial score (nSPS) is 33.7. The van der Waals surface area contributed by atoms with Crippen molar-refractivity contribution in [1.82, 2.24) is 5.32 Å². The molecule has 1 heterocycles. The number of esters is 1. The summed E-state index contributed by atoms with van der Waals surface area (Å²) in [6.07, 6.45) is 5.87. The predicted octanol–water partition coefficient (Wildman–Crippen LogP) is 1.56. The molecule has 19 heavy (non-hydrogen) atoms. The van der Waals surface area contributed by atoms with Crippen LogP contribution < -0.4 is 5.32 Å². The fraction of sp³-hybridized carbons (Fsp3) is 0.857. The molecule has 5 heteroatoms. The van der Waals surface area contributed by atoms with Crippen molar-refractivity contribution in [3.8, 4) is 0 Å². The fourth-order valence-electron chi connectivity index (χ4n) is 3.33. The molecular formula is C14H23NO4. The molecule has 2 N–H and O–H groups in total. The van der Waals surface area contributed by atoms with E-state index in [1.165, 1.54) is 0 Å². The average Bonchev–Trinajstić information content (AvgIpc) is 2.78. The standard InChI is InChI=1S/C14H23NO4/c1-2-3-8-19-14(18)11-9-6-4-5-7-10(9)15-12(11)13(16)17/h9-12,15H,2-8H2,1H3,(H,16,17). The molecule has 0 aromatic heterocycles. The number of unbranched alkanes of at least 4 members (excludes halogenated alkanes) is 1. The number of aliphatic carboxylic acids is 1. The minimum Gasteiger partial charge on any atom is -0.480 e. The first-order valence-corrected chi connectivity index (χ1v) is 7.30. The lowest BCUT2D eigenvalue weighted by molar-refractivity contribution is -0.155. The second-order valence-corrected chi connectivity index (χ2v) is 5.58. The smallest absolute Gasteiger partial charge is 0.321 e. The highest BCUT2D eigenvalue weighted by molar-refractivity contribution is 5.85. The second kappa shape index (κ2) is 6.37. The highest BCUT2D eigenvalue weighted by Gasteiger charge is 2.51. The van der Waals surface area contributed by atoms with Crippen LogP contribution in [0.5, 0.6) is 0 Å². The largest absolute Gasteiger partial charge is 0.480 e. The molecule has 1 saturated carbocycles. The molecule has 0 bridgehead atoms. The average molecular weight is 269 g/mol. The number of nitrogens with one attached hydrogen (secondary N) is 1. The maximum atomic E-state index is 12.2. The quantitative estimate of drug-likeness (QED) is 0.585. The van der Waals surface area contributed by atoms with Gasteiger partial charge in [-0.1, -0.05) is 26.2 Å². The van der Waals surface area contributed by atoms with Crippen LogP contribution in [0.2, 0.25) is 0 Å². The molecule has 0 radical (unpaired) electrons. The Morgan fingerprint density at radius 3 is 2.74 bits per heavy atom. The molecule has 2 rings (SSSR count). The molecule has 4 atom stereocenters. The number of hydrogen-bond acceptors (Lipinski definition) is 4. The molecule has 1 saturated heterocycles. The zero-order chi connectivity index (χ0) is 13.8. The van der Waals surface area contributed by atoms with Crippen LogP contribution in [-0.4, -0.2) is 35.7 Å². The molecule has 2 aliphatic rings. The molecule has 4 unspecified atom stereocenters. The van der Waals surface area contributed by atoms with Crippen molar-refractivity contribution in [2.24, 2.45) is 11.8 Å². The number of fused-ring (bicyclic) bond motifs is 1. The van der Waals surface area contributed by atoms with E-state index in [2.05, 4.69) is 5.32 Å². The number of rotatable bonds is 5. The summed E-state index contributed by atoms with van der Waals surface area (Å²) in [5.41, 5.74) is 0. The van der Waals surface area contributed by atoms with E-state index in [1.54, 1.807) is 0 Å². The van der Waals surface area contributed by atoms with Crippen molar-refractivity contribution in [3.05, 3.63) is 0 Å². The summed E-state index contributed by atoms with van der Waals surface area (Å²) in [4.78, 5) is 23.5. The topological polar surface area (TPSA) is 75.6 Å². The zero-order valence-corrected chi connectivity index (χ0v) is 11.4. The maximum Gasteiger partial charge on any atom is 0.321 e. The Labute approximate surface area is 113 Å². The fourth-order valence-corrected chi connectivity index (χ4v) is 3.33. The number of hydrogen-bond donors (Lipinski definition) is 2. The summed E-state index contributed by atoms with van der Waals surface area (Å²) >= 11 is 0. The van der Waals surface area contributed by atoms with E-state index < -0.39 is 17.9 Å². The molecule has 2 fully saturated rings. The third kappa shape index (κ3) is 3.08. The van der Waals surface area contributed by atoms with Crippen LogP contribution in [0.25, 0.3) is 0 Å². The summed E-state index contributed by atoms with van der Waals surface area (Å²) in [5.74, 6) is -1.65. The number of carboxylic acid groups (broad SMARTS) is 1. The number of ether oxygens (including phenoxy) is 1. The van der Waals surface area contributed by atoms with Crippen LogP contribution in [0, 0.1) is 11.8 Å². The Morgan fingerprint density at radius 2 is 2.05 bits per heavy atom. The van der Waals surface area contributed by atoms with Crippen LogP contribution in [0.3, 0.4) is 0 Å². The SMILES string of the molecule is CCCCOC(=O)C1C(C(=O)O)NC2CCCCC21. The molecule has 5 nitrogen and oxygen atoms in total. The Balaban J connectivity index is 2.04. The van der Waals surface area contributed by atoms with Gasteiger partial charge in [-0.3, -0.25) is 9.59 Å². The Bertz CT molecular complexity index is 344. The van der Waals surface area contributed by atoms with E-state index in [9.17, 15) is 14.7 Å². The zero-order valence-electron chi connectivity index (χ0n) is 11.4. The summed E-state index contributed by atoms with van der Waals surface area (Å²) in [7, 11) is 0. The Morgan fingerprint density at radius 1 is 1.32 bits per heavy atom. The van der Waals surface area contributed by atoms with Crippen LogP contribution in [0.1, 0.15) is 45.4 Å². The molecule has 0 aromatic rings. The van der Waals surface area contributed by atoms with Gasteiger partial charge in [-0.2, -0.15) is 0 Å². The van der Waals surface area contributed by atoms with Gasteiger partial charge in [0.1, 0.15) is 6.04 Å². The highest BCUT2D eigenvalue weighted by atomic mass is 16.5. The van der Waals surface area contributed by atoms with Crippen molar-refractivity contribution in [2.45, 2.75) is 57.5 Å². The lowest BCUT2D eigenvalue weighted by Crippen LogP contribution is -2.41. The molecule has 0 spiro atoms. The first kappa shape index (κ1) is 14.3. The van der Waals surface area contributed by atoms with E-state index >= 15 is 0 Å². The van der Waals surface area contributed by atoms with Gasteiger partial charge in [0, 0.05) is 6.04 Å². The van der Waals surface area contributed by atoms with Crippen LogP contribution >= 0.6 is 0 Å². The third-order valence-corrected chi connectivity index (χ3v) is 4.31. The summed E-state index contributed by atoms with van der Waals surface area (Å²) in [5, 5.41) is 12.4. The van der Waals surface area contributed by atoms with Crippen molar-refractivity contribution >= 4 is 11.9 Å². The van der Waals surface area contributed by atoms with Crippen molar-refractivity contribution in [3.63, 3.8) is 0 Å². The van der Waals surface area contributed by atoms with Crippen LogP contribution in [-0.2, 0) is 14.3 Å². The van der Waals surface area contributed by atoms with E-state index in [-0.39, 0.29) is 17.9 Å². The molecular weight excluding hydrogens is 246 g/mol. The van der Waals surface area contributed by atoms with E-state index in [4.69, 9.17) is 4.74 Å². The first-order valence-electron chi connectivity index (χ1n) is 7.30. The first-order chi connectivity index (χ1) is 9.15. The van der Waals surface area contributed by atoms with Crippen molar-refractivity contribution in [2.75, 3.05) is 6.61 Å². The molecule has 0 amide bonds. The molecule has 0 aromatic carbocycles.